The Labute approximate surface area is 173 Å². The second kappa shape index (κ2) is 9.60. The van der Waals surface area contributed by atoms with Gasteiger partial charge in [-0.1, -0.05) is 18.2 Å². The number of fused-ring (bicyclic) bond motifs is 1. The lowest BCUT2D eigenvalue weighted by molar-refractivity contribution is -0.144. The van der Waals surface area contributed by atoms with Crippen LogP contribution in [0.15, 0.2) is 48.5 Å². The summed E-state index contributed by atoms with van der Waals surface area (Å²) in [5, 5.41) is 2.76. The number of carbonyl (C=O) groups excluding carboxylic acids is 3. The molecule has 1 heterocycles. The average molecular weight is 411 g/mol. The summed E-state index contributed by atoms with van der Waals surface area (Å²) in [6.45, 7) is 1.59. The van der Waals surface area contributed by atoms with Gasteiger partial charge in [-0.3, -0.25) is 4.79 Å². The van der Waals surface area contributed by atoms with Gasteiger partial charge in [0.05, 0.1) is 18.7 Å². The standard InChI is InChI=1S/C22H21NO7/c1-14(17-8-9-18-19(11-17)30-13-29-18)23-20(24)12-28-21(25)10-5-15-3-6-16(7-4-15)22(26)27-2/h3-11,14H,12-13H2,1-2H3,(H,23,24)/b10-5+/t14-/m0/s1. The number of benzene rings is 2. The summed E-state index contributed by atoms with van der Waals surface area (Å²) in [7, 11) is 1.30. The van der Waals surface area contributed by atoms with Crippen LogP contribution in [-0.2, 0) is 19.1 Å². The molecule has 8 nitrogen and oxygen atoms in total. The summed E-state index contributed by atoms with van der Waals surface area (Å²) in [6.07, 6.45) is 2.73. The van der Waals surface area contributed by atoms with Gasteiger partial charge in [0.1, 0.15) is 0 Å². The molecule has 1 N–H and O–H groups in total. The van der Waals surface area contributed by atoms with E-state index in [-0.39, 0.29) is 12.8 Å². The van der Waals surface area contributed by atoms with E-state index >= 15 is 0 Å². The minimum absolute atomic E-state index is 0.179. The Balaban J connectivity index is 1.45. The third-order valence-corrected chi connectivity index (χ3v) is 4.36. The molecule has 0 fully saturated rings. The van der Waals surface area contributed by atoms with Crippen molar-refractivity contribution < 1.29 is 33.3 Å². The molecule has 2 aromatic rings. The summed E-state index contributed by atoms with van der Waals surface area (Å²) in [5.74, 6) is -0.226. The number of nitrogens with one attached hydrogen (secondary N) is 1. The van der Waals surface area contributed by atoms with Crippen LogP contribution in [0.1, 0.15) is 34.5 Å². The van der Waals surface area contributed by atoms with Crippen molar-refractivity contribution in [3.8, 4) is 11.5 Å². The molecule has 1 atom stereocenters. The molecule has 1 aliphatic rings. The van der Waals surface area contributed by atoms with Crippen LogP contribution < -0.4 is 14.8 Å². The lowest BCUT2D eigenvalue weighted by Crippen LogP contribution is -2.30. The summed E-state index contributed by atoms with van der Waals surface area (Å²) in [5.41, 5.74) is 1.94. The van der Waals surface area contributed by atoms with Gasteiger partial charge in [-0.25, -0.2) is 9.59 Å². The summed E-state index contributed by atoms with van der Waals surface area (Å²) in [4.78, 5) is 35.3. The molecule has 2 aromatic carbocycles. The Kier molecular flexibility index (Phi) is 6.69. The first-order valence-electron chi connectivity index (χ1n) is 9.18. The van der Waals surface area contributed by atoms with E-state index in [9.17, 15) is 14.4 Å². The van der Waals surface area contributed by atoms with Crippen LogP contribution in [0, 0.1) is 0 Å². The van der Waals surface area contributed by atoms with Gasteiger partial charge in [0, 0.05) is 6.08 Å². The molecule has 8 heteroatoms. The Morgan fingerprint density at radius 3 is 2.57 bits per heavy atom. The van der Waals surface area contributed by atoms with Crippen LogP contribution in [0.5, 0.6) is 11.5 Å². The topological polar surface area (TPSA) is 100 Å². The molecule has 0 saturated carbocycles. The van der Waals surface area contributed by atoms with Crippen LogP contribution in [0.3, 0.4) is 0 Å². The lowest BCUT2D eigenvalue weighted by Gasteiger charge is -2.14. The maximum Gasteiger partial charge on any atom is 0.337 e. The zero-order valence-electron chi connectivity index (χ0n) is 16.5. The third kappa shape index (κ3) is 5.38. The van der Waals surface area contributed by atoms with E-state index in [1.54, 1.807) is 36.4 Å². The van der Waals surface area contributed by atoms with Crippen LogP contribution in [0.2, 0.25) is 0 Å². The third-order valence-electron chi connectivity index (χ3n) is 4.36. The smallest absolute Gasteiger partial charge is 0.337 e. The second-order valence-corrected chi connectivity index (χ2v) is 6.46. The number of methoxy groups -OCH3 is 1. The second-order valence-electron chi connectivity index (χ2n) is 6.46. The first kappa shape index (κ1) is 20.9. The van der Waals surface area contributed by atoms with Crippen LogP contribution in [0.25, 0.3) is 6.08 Å². The first-order valence-corrected chi connectivity index (χ1v) is 9.18. The molecule has 0 bridgehead atoms. The highest BCUT2D eigenvalue weighted by Gasteiger charge is 2.17. The van der Waals surface area contributed by atoms with E-state index in [1.165, 1.54) is 19.3 Å². The molecule has 1 aliphatic heterocycles. The van der Waals surface area contributed by atoms with Crippen LogP contribution >= 0.6 is 0 Å². The van der Waals surface area contributed by atoms with E-state index in [0.717, 1.165) is 5.56 Å². The van der Waals surface area contributed by atoms with Gasteiger partial charge in [0.25, 0.3) is 5.91 Å². The zero-order valence-corrected chi connectivity index (χ0v) is 16.5. The lowest BCUT2D eigenvalue weighted by atomic mass is 10.1. The maximum atomic E-state index is 12.1. The Morgan fingerprint density at radius 1 is 1.10 bits per heavy atom. The average Bonchev–Trinajstić information content (AvgIpc) is 3.24. The van der Waals surface area contributed by atoms with Crippen molar-refractivity contribution in [1.29, 1.82) is 0 Å². The summed E-state index contributed by atoms with van der Waals surface area (Å²) in [6, 6.07) is 11.6. The highest BCUT2D eigenvalue weighted by molar-refractivity contribution is 5.91. The molecule has 3 rings (SSSR count). The highest BCUT2D eigenvalue weighted by atomic mass is 16.7. The first-order chi connectivity index (χ1) is 14.5. The van der Waals surface area contributed by atoms with Gasteiger partial charge in [0.2, 0.25) is 6.79 Å². The summed E-state index contributed by atoms with van der Waals surface area (Å²) < 4.78 is 20.2. The Morgan fingerprint density at radius 2 is 1.83 bits per heavy atom. The number of esters is 2. The molecular weight excluding hydrogens is 390 g/mol. The van der Waals surface area contributed by atoms with Crippen molar-refractivity contribution in [3.05, 3.63) is 65.2 Å². The zero-order chi connectivity index (χ0) is 21.5. The minimum Gasteiger partial charge on any atom is -0.465 e. The van der Waals surface area contributed by atoms with E-state index in [1.807, 2.05) is 13.0 Å². The number of carbonyl (C=O) groups is 3. The maximum absolute atomic E-state index is 12.1. The molecule has 156 valence electrons. The number of rotatable bonds is 7. The fraction of sp³-hybridized carbons (Fsp3) is 0.227. The van der Waals surface area contributed by atoms with Crippen molar-refractivity contribution in [2.24, 2.45) is 0 Å². The van der Waals surface area contributed by atoms with Crippen molar-refractivity contribution in [3.63, 3.8) is 0 Å². The Hall–Kier alpha value is -3.81. The Bertz CT molecular complexity index is 966. The number of ether oxygens (including phenoxy) is 4. The van der Waals surface area contributed by atoms with Crippen molar-refractivity contribution >= 4 is 23.9 Å². The van der Waals surface area contributed by atoms with Crippen molar-refractivity contribution in [1.82, 2.24) is 5.32 Å². The van der Waals surface area contributed by atoms with E-state index in [4.69, 9.17) is 14.2 Å². The monoisotopic (exact) mass is 411 g/mol. The van der Waals surface area contributed by atoms with Gasteiger partial charge in [0.15, 0.2) is 18.1 Å². The molecule has 0 radical (unpaired) electrons. The highest BCUT2D eigenvalue weighted by Crippen LogP contribution is 2.34. The molecule has 30 heavy (non-hydrogen) atoms. The minimum atomic E-state index is -0.655. The molecule has 1 amide bonds. The fourth-order valence-corrected chi connectivity index (χ4v) is 2.75. The number of hydrogen-bond donors (Lipinski definition) is 1. The molecule has 0 aliphatic carbocycles. The molecule has 0 aromatic heterocycles. The van der Waals surface area contributed by atoms with Gasteiger partial charge < -0.3 is 24.3 Å². The summed E-state index contributed by atoms with van der Waals surface area (Å²) >= 11 is 0. The predicted molar refractivity (Wildman–Crippen MR) is 107 cm³/mol. The molecule has 0 unspecified atom stereocenters. The van der Waals surface area contributed by atoms with Gasteiger partial charge >= 0.3 is 11.9 Å². The SMILES string of the molecule is COC(=O)c1ccc(/C=C/C(=O)OCC(=O)N[C@@H](C)c2ccc3c(c2)OCO3)cc1. The van der Waals surface area contributed by atoms with Crippen LogP contribution in [0.4, 0.5) is 0 Å². The van der Waals surface area contributed by atoms with Crippen LogP contribution in [-0.4, -0.2) is 38.4 Å². The number of hydrogen-bond acceptors (Lipinski definition) is 7. The van der Waals surface area contributed by atoms with E-state index < -0.39 is 24.5 Å². The predicted octanol–water partition coefficient (Wildman–Crippen LogP) is 2.64. The van der Waals surface area contributed by atoms with Gasteiger partial charge in [-0.15, -0.1) is 0 Å². The van der Waals surface area contributed by atoms with Crippen molar-refractivity contribution in [2.45, 2.75) is 13.0 Å². The van der Waals surface area contributed by atoms with E-state index in [0.29, 0.717) is 22.6 Å². The largest absolute Gasteiger partial charge is 0.465 e. The molecule has 0 saturated heterocycles. The van der Waals surface area contributed by atoms with Gasteiger partial charge in [-0.2, -0.15) is 0 Å². The number of amides is 1. The fourth-order valence-electron chi connectivity index (χ4n) is 2.75. The molecule has 0 spiro atoms. The molecular formula is C22H21NO7. The van der Waals surface area contributed by atoms with Gasteiger partial charge in [-0.05, 0) is 48.4 Å². The van der Waals surface area contributed by atoms with Crippen molar-refractivity contribution in [2.75, 3.05) is 20.5 Å². The van der Waals surface area contributed by atoms with E-state index in [2.05, 4.69) is 10.1 Å². The normalized spacial score (nSPS) is 13.0. The quantitative estimate of drug-likeness (QED) is 0.552.